The number of fused-ring (bicyclic) bond motifs is 1. The van der Waals surface area contributed by atoms with E-state index >= 15 is 0 Å². The highest BCUT2D eigenvalue weighted by molar-refractivity contribution is 7.19. The molecule has 0 atom stereocenters. The SMILES string of the molecule is CCN(C(=O)c1sc2nnc(C(C)C)n2c1C)c1ccccc1. The Morgan fingerprint density at radius 2 is 1.96 bits per heavy atom. The maximum atomic E-state index is 13.0. The highest BCUT2D eigenvalue weighted by Crippen LogP contribution is 2.28. The van der Waals surface area contributed by atoms with Gasteiger partial charge >= 0.3 is 0 Å². The maximum Gasteiger partial charge on any atom is 0.270 e. The van der Waals surface area contributed by atoms with Crippen molar-refractivity contribution in [2.45, 2.75) is 33.6 Å². The summed E-state index contributed by atoms with van der Waals surface area (Å²) >= 11 is 1.41. The number of benzene rings is 1. The lowest BCUT2D eigenvalue weighted by Gasteiger charge is -2.20. The first-order chi connectivity index (χ1) is 11.0. The molecule has 0 fully saturated rings. The Labute approximate surface area is 139 Å². The molecule has 2 heterocycles. The second-order valence-electron chi connectivity index (χ2n) is 5.73. The van der Waals surface area contributed by atoms with Gasteiger partial charge in [-0.05, 0) is 26.0 Å². The van der Waals surface area contributed by atoms with Gasteiger partial charge in [-0.2, -0.15) is 0 Å². The third-order valence-electron chi connectivity index (χ3n) is 3.86. The van der Waals surface area contributed by atoms with E-state index in [4.69, 9.17) is 0 Å². The van der Waals surface area contributed by atoms with Crippen molar-refractivity contribution in [1.82, 2.24) is 14.6 Å². The van der Waals surface area contributed by atoms with Crippen LogP contribution in [0.4, 0.5) is 5.69 Å². The maximum absolute atomic E-state index is 13.0. The third kappa shape index (κ3) is 2.63. The van der Waals surface area contributed by atoms with Crippen molar-refractivity contribution in [2.24, 2.45) is 0 Å². The molecular formula is C17H20N4OS. The van der Waals surface area contributed by atoms with Gasteiger partial charge in [0, 0.05) is 23.8 Å². The van der Waals surface area contributed by atoms with Gasteiger partial charge in [0.2, 0.25) is 4.96 Å². The molecule has 0 N–H and O–H groups in total. The molecule has 0 aliphatic carbocycles. The van der Waals surface area contributed by atoms with E-state index in [9.17, 15) is 4.79 Å². The fourth-order valence-corrected chi connectivity index (χ4v) is 3.70. The number of para-hydroxylation sites is 1. The van der Waals surface area contributed by atoms with E-state index in [0.29, 0.717) is 6.54 Å². The highest BCUT2D eigenvalue weighted by Gasteiger charge is 2.24. The van der Waals surface area contributed by atoms with Crippen molar-refractivity contribution >= 4 is 27.9 Å². The van der Waals surface area contributed by atoms with Crippen molar-refractivity contribution < 1.29 is 4.79 Å². The molecule has 0 bridgehead atoms. The van der Waals surface area contributed by atoms with E-state index in [2.05, 4.69) is 24.0 Å². The van der Waals surface area contributed by atoms with Gasteiger partial charge in [0.05, 0.1) is 0 Å². The highest BCUT2D eigenvalue weighted by atomic mass is 32.1. The van der Waals surface area contributed by atoms with Crippen LogP contribution in [0.1, 0.15) is 47.9 Å². The molecule has 0 aliphatic rings. The zero-order valence-electron chi connectivity index (χ0n) is 13.8. The molecule has 23 heavy (non-hydrogen) atoms. The van der Waals surface area contributed by atoms with E-state index in [0.717, 1.165) is 27.0 Å². The second kappa shape index (κ2) is 6.12. The number of carbonyl (C=O) groups is 1. The molecule has 5 nitrogen and oxygen atoms in total. The van der Waals surface area contributed by atoms with Crippen LogP contribution in [-0.2, 0) is 0 Å². The van der Waals surface area contributed by atoms with E-state index < -0.39 is 0 Å². The number of aryl methyl sites for hydroxylation is 1. The Kier molecular flexibility index (Phi) is 4.17. The van der Waals surface area contributed by atoms with Crippen molar-refractivity contribution in [1.29, 1.82) is 0 Å². The van der Waals surface area contributed by atoms with Crippen molar-refractivity contribution in [3.63, 3.8) is 0 Å². The van der Waals surface area contributed by atoms with E-state index in [1.165, 1.54) is 11.3 Å². The molecule has 0 saturated heterocycles. The lowest BCUT2D eigenvalue weighted by molar-refractivity contribution is 0.0991. The van der Waals surface area contributed by atoms with Gasteiger partial charge in [0.15, 0.2) is 0 Å². The molecule has 3 aromatic rings. The van der Waals surface area contributed by atoms with E-state index in [1.807, 2.05) is 48.6 Å². The summed E-state index contributed by atoms with van der Waals surface area (Å²) in [6, 6.07) is 9.75. The van der Waals surface area contributed by atoms with Crippen LogP contribution >= 0.6 is 11.3 Å². The standard InChI is InChI=1S/C17H20N4OS/c1-5-20(13-9-7-6-8-10-13)16(22)14-12(4)21-15(11(2)3)18-19-17(21)23-14/h6-11H,5H2,1-4H3. The minimum Gasteiger partial charge on any atom is -0.308 e. The molecule has 120 valence electrons. The fraction of sp³-hybridized carbons (Fsp3) is 0.353. The predicted molar refractivity (Wildman–Crippen MR) is 93.5 cm³/mol. The molecule has 1 amide bonds. The summed E-state index contributed by atoms with van der Waals surface area (Å²) in [5.41, 5.74) is 1.82. The van der Waals surface area contributed by atoms with Crippen LogP contribution in [0.5, 0.6) is 0 Å². The average Bonchev–Trinajstić information content (AvgIpc) is 3.10. The van der Waals surface area contributed by atoms with Crippen molar-refractivity contribution in [3.05, 3.63) is 46.7 Å². The van der Waals surface area contributed by atoms with Crippen LogP contribution in [0.2, 0.25) is 0 Å². The van der Waals surface area contributed by atoms with Gasteiger partial charge in [0.25, 0.3) is 5.91 Å². The lowest BCUT2D eigenvalue weighted by atomic mass is 10.2. The summed E-state index contributed by atoms with van der Waals surface area (Å²) in [4.78, 5) is 16.3. The van der Waals surface area contributed by atoms with Crippen LogP contribution in [0.15, 0.2) is 30.3 Å². The number of hydrogen-bond donors (Lipinski definition) is 0. The summed E-state index contributed by atoms with van der Waals surface area (Å²) < 4.78 is 2.00. The zero-order valence-corrected chi connectivity index (χ0v) is 14.6. The van der Waals surface area contributed by atoms with Crippen molar-refractivity contribution in [3.8, 4) is 0 Å². The van der Waals surface area contributed by atoms with Crippen LogP contribution in [-0.4, -0.2) is 27.0 Å². The summed E-state index contributed by atoms with van der Waals surface area (Å²) in [6.07, 6.45) is 0. The van der Waals surface area contributed by atoms with E-state index in [1.54, 1.807) is 4.90 Å². The molecule has 0 aliphatic heterocycles. The number of carbonyl (C=O) groups excluding carboxylic acids is 1. The van der Waals surface area contributed by atoms with Gasteiger partial charge in [0.1, 0.15) is 10.7 Å². The average molecular weight is 328 g/mol. The normalized spacial score (nSPS) is 11.3. The molecule has 6 heteroatoms. The Morgan fingerprint density at radius 3 is 2.57 bits per heavy atom. The number of hydrogen-bond acceptors (Lipinski definition) is 4. The first-order valence-corrected chi connectivity index (χ1v) is 8.57. The molecule has 2 aromatic heterocycles. The molecule has 0 spiro atoms. The summed E-state index contributed by atoms with van der Waals surface area (Å²) in [6.45, 7) is 8.73. The third-order valence-corrected chi connectivity index (χ3v) is 4.98. The lowest BCUT2D eigenvalue weighted by Crippen LogP contribution is -2.30. The smallest absolute Gasteiger partial charge is 0.270 e. The van der Waals surface area contributed by atoms with Gasteiger partial charge < -0.3 is 4.90 Å². The minimum atomic E-state index is 0.0152. The number of nitrogens with zero attached hydrogens (tertiary/aromatic N) is 4. The fourth-order valence-electron chi connectivity index (χ4n) is 2.68. The predicted octanol–water partition coefficient (Wildman–Crippen LogP) is 3.89. The first-order valence-electron chi connectivity index (χ1n) is 7.76. The van der Waals surface area contributed by atoms with Crippen LogP contribution < -0.4 is 4.90 Å². The Hall–Kier alpha value is -2.21. The van der Waals surface area contributed by atoms with Crippen LogP contribution in [0.25, 0.3) is 4.96 Å². The quantitative estimate of drug-likeness (QED) is 0.730. The topological polar surface area (TPSA) is 50.5 Å². The largest absolute Gasteiger partial charge is 0.308 e. The number of thiazole rings is 1. The molecule has 1 aromatic carbocycles. The van der Waals surface area contributed by atoms with Crippen LogP contribution in [0, 0.1) is 6.92 Å². The number of rotatable bonds is 4. The number of aromatic nitrogens is 3. The second-order valence-corrected chi connectivity index (χ2v) is 6.71. The summed E-state index contributed by atoms with van der Waals surface area (Å²) in [5, 5.41) is 8.46. The minimum absolute atomic E-state index is 0.0152. The molecular weight excluding hydrogens is 308 g/mol. The Bertz CT molecular complexity index is 835. The Morgan fingerprint density at radius 1 is 1.26 bits per heavy atom. The number of amides is 1. The Balaban J connectivity index is 2.05. The van der Waals surface area contributed by atoms with Gasteiger partial charge in [-0.3, -0.25) is 9.20 Å². The van der Waals surface area contributed by atoms with E-state index in [-0.39, 0.29) is 11.8 Å². The zero-order chi connectivity index (χ0) is 16.6. The van der Waals surface area contributed by atoms with Crippen molar-refractivity contribution in [2.75, 3.05) is 11.4 Å². The van der Waals surface area contributed by atoms with Gasteiger partial charge in [-0.15, -0.1) is 10.2 Å². The van der Waals surface area contributed by atoms with Gasteiger partial charge in [-0.1, -0.05) is 43.4 Å². The number of anilines is 1. The molecule has 3 rings (SSSR count). The monoisotopic (exact) mass is 328 g/mol. The molecule has 0 unspecified atom stereocenters. The first kappa shape index (κ1) is 15.7. The summed E-state index contributed by atoms with van der Waals surface area (Å²) in [7, 11) is 0. The summed E-state index contributed by atoms with van der Waals surface area (Å²) in [5.74, 6) is 1.18. The molecule has 0 saturated carbocycles. The van der Waals surface area contributed by atoms with Gasteiger partial charge in [-0.25, -0.2) is 0 Å². The molecule has 0 radical (unpaired) electrons. The van der Waals surface area contributed by atoms with Crippen LogP contribution in [0.3, 0.4) is 0 Å².